The van der Waals surface area contributed by atoms with Crippen molar-refractivity contribution in [2.75, 3.05) is 7.05 Å². The van der Waals surface area contributed by atoms with E-state index in [2.05, 4.69) is 25.2 Å². The highest BCUT2D eigenvalue weighted by Crippen LogP contribution is 2.34. The lowest BCUT2D eigenvalue weighted by Gasteiger charge is -2.31. The average molecular weight is 219 g/mol. The van der Waals surface area contributed by atoms with Gasteiger partial charge in [0.1, 0.15) is 5.82 Å². The summed E-state index contributed by atoms with van der Waals surface area (Å²) in [5.41, 5.74) is 3.41. The maximum absolute atomic E-state index is 13.3. The Labute approximate surface area is 96.4 Å². The zero-order valence-corrected chi connectivity index (χ0v) is 10.1. The Morgan fingerprint density at radius 1 is 1.31 bits per heavy atom. The normalized spacial score (nSPS) is 15.6. The van der Waals surface area contributed by atoms with Gasteiger partial charge in [-0.3, -0.25) is 0 Å². The van der Waals surface area contributed by atoms with Crippen molar-refractivity contribution in [3.8, 4) is 0 Å². The van der Waals surface area contributed by atoms with Crippen LogP contribution in [0.5, 0.6) is 0 Å². The molecule has 16 heavy (non-hydrogen) atoms. The molecule has 0 fully saturated rings. The molecule has 86 valence electrons. The summed E-state index contributed by atoms with van der Waals surface area (Å²) in [5.74, 6) is -0.154. The lowest BCUT2D eigenvalue weighted by Crippen LogP contribution is -2.38. The Morgan fingerprint density at radius 2 is 2.06 bits per heavy atom. The van der Waals surface area contributed by atoms with E-state index in [1.807, 2.05) is 13.1 Å². The highest BCUT2D eigenvalue weighted by molar-refractivity contribution is 5.76. The van der Waals surface area contributed by atoms with Crippen LogP contribution in [0.25, 0.3) is 5.57 Å². The van der Waals surface area contributed by atoms with E-state index in [1.165, 1.54) is 11.1 Å². The minimum atomic E-state index is -0.154. The predicted molar refractivity (Wildman–Crippen MR) is 65.8 cm³/mol. The second-order valence-electron chi connectivity index (χ2n) is 4.83. The van der Waals surface area contributed by atoms with Crippen LogP contribution in [-0.4, -0.2) is 12.6 Å². The van der Waals surface area contributed by atoms with Gasteiger partial charge in [0.2, 0.25) is 0 Å². The van der Waals surface area contributed by atoms with Gasteiger partial charge in [-0.2, -0.15) is 0 Å². The van der Waals surface area contributed by atoms with Crippen LogP contribution in [0.2, 0.25) is 0 Å². The van der Waals surface area contributed by atoms with Crippen LogP contribution in [0.1, 0.15) is 31.4 Å². The molecule has 0 aromatic heterocycles. The van der Waals surface area contributed by atoms with Crippen LogP contribution in [-0.2, 0) is 6.42 Å². The number of hydrogen-bond acceptors (Lipinski definition) is 1. The second-order valence-corrected chi connectivity index (χ2v) is 4.83. The zero-order valence-electron chi connectivity index (χ0n) is 10.1. The van der Waals surface area contributed by atoms with Crippen LogP contribution in [0.4, 0.5) is 4.39 Å². The van der Waals surface area contributed by atoms with Crippen molar-refractivity contribution in [2.24, 2.45) is 0 Å². The summed E-state index contributed by atoms with van der Waals surface area (Å²) in [4.78, 5) is 0. The molecule has 0 amide bonds. The largest absolute Gasteiger partial charge is 0.311 e. The van der Waals surface area contributed by atoms with Gasteiger partial charge in [-0.25, -0.2) is 4.39 Å². The van der Waals surface area contributed by atoms with E-state index in [-0.39, 0.29) is 11.4 Å². The van der Waals surface area contributed by atoms with Gasteiger partial charge in [-0.05, 0) is 62.6 Å². The van der Waals surface area contributed by atoms with Gasteiger partial charge in [-0.1, -0.05) is 12.1 Å². The topological polar surface area (TPSA) is 12.0 Å². The van der Waals surface area contributed by atoms with E-state index in [9.17, 15) is 4.39 Å². The van der Waals surface area contributed by atoms with E-state index in [0.717, 1.165) is 18.4 Å². The maximum Gasteiger partial charge on any atom is 0.123 e. The molecule has 0 saturated carbocycles. The summed E-state index contributed by atoms with van der Waals surface area (Å²) < 4.78 is 13.3. The van der Waals surface area contributed by atoms with Crippen molar-refractivity contribution in [3.63, 3.8) is 0 Å². The molecule has 1 N–H and O–H groups in total. The molecular weight excluding hydrogens is 201 g/mol. The van der Waals surface area contributed by atoms with Crippen LogP contribution in [0.15, 0.2) is 24.3 Å². The summed E-state index contributed by atoms with van der Waals surface area (Å²) in [7, 11) is 1.94. The Kier molecular flexibility index (Phi) is 2.85. The van der Waals surface area contributed by atoms with Crippen LogP contribution in [0, 0.1) is 5.82 Å². The van der Waals surface area contributed by atoms with Crippen molar-refractivity contribution in [2.45, 2.75) is 32.2 Å². The maximum atomic E-state index is 13.3. The Bertz CT molecular complexity index is 432. The van der Waals surface area contributed by atoms with Crippen LogP contribution < -0.4 is 5.32 Å². The Hall–Kier alpha value is -1.15. The first-order valence-corrected chi connectivity index (χ1v) is 5.73. The number of aryl methyl sites for hydroxylation is 1. The summed E-state index contributed by atoms with van der Waals surface area (Å²) in [6.45, 7) is 4.25. The predicted octanol–water partition coefficient (Wildman–Crippen LogP) is 3.15. The molecule has 0 unspecified atom stereocenters. The van der Waals surface area contributed by atoms with Crippen molar-refractivity contribution in [3.05, 3.63) is 41.2 Å². The second kappa shape index (κ2) is 4.02. The standard InChI is InChI=1S/C14H18FN/c1-14(2,16-3)13-6-4-5-10-7-8-11(15)9-12(10)13/h6-9,16H,4-5H2,1-3H3. The molecule has 1 aromatic carbocycles. The first-order chi connectivity index (χ1) is 7.54. The molecule has 0 saturated heterocycles. The summed E-state index contributed by atoms with van der Waals surface area (Å²) in [6.07, 6.45) is 4.27. The highest BCUT2D eigenvalue weighted by Gasteiger charge is 2.26. The minimum absolute atomic E-state index is 0.108. The molecule has 1 aliphatic rings. The molecular formula is C14H18FN. The monoisotopic (exact) mass is 219 g/mol. The van der Waals surface area contributed by atoms with E-state index in [4.69, 9.17) is 0 Å². The summed E-state index contributed by atoms with van der Waals surface area (Å²) >= 11 is 0. The van der Waals surface area contributed by atoms with E-state index in [0.29, 0.717) is 0 Å². The Morgan fingerprint density at radius 3 is 2.75 bits per heavy atom. The molecule has 0 radical (unpaired) electrons. The van der Waals surface area contributed by atoms with Gasteiger partial charge in [0, 0.05) is 5.54 Å². The van der Waals surface area contributed by atoms with Crippen LogP contribution in [0.3, 0.4) is 0 Å². The van der Waals surface area contributed by atoms with Crippen LogP contribution >= 0.6 is 0 Å². The lowest BCUT2D eigenvalue weighted by molar-refractivity contribution is 0.540. The van der Waals surface area contributed by atoms with Crippen molar-refractivity contribution in [1.82, 2.24) is 5.32 Å². The third-order valence-corrected chi connectivity index (χ3v) is 3.42. The number of likely N-dealkylation sites (N-methyl/N-ethyl adjacent to an activating group) is 1. The van der Waals surface area contributed by atoms with Gasteiger partial charge < -0.3 is 5.32 Å². The number of allylic oxidation sites excluding steroid dienone is 1. The van der Waals surface area contributed by atoms with Crippen molar-refractivity contribution in [1.29, 1.82) is 0 Å². The number of hydrogen-bond donors (Lipinski definition) is 1. The molecule has 0 bridgehead atoms. The highest BCUT2D eigenvalue weighted by atomic mass is 19.1. The summed E-state index contributed by atoms with van der Waals surface area (Å²) in [5, 5.41) is 3.28. The van der Waals surface area contributed by atoms with Gasteiger partial charge in [0.25, 0.3) is 0 Å². The minimum Gasteiger partial charge on any atom is -0.311 e. The number of nitrogens with one attached hydrogen (secondary N) is 1. The molecule has 0 aliphatic heterocycles. The molecule has 1 aromatic rings. The van der Waals surface area contributed by atoms with Crippen molar-refractivity contribution >= 4 is 5.57 Å². The average Bonchev–Trinajstić information content (AvgIpc) is 2.28. The van der Waals surface area contributed by atoms with Gasteiger partial charge in [0.05, 0.1) is 0 Å². The number of halogens is 1. The molecule has 2 heteroatoms. The fourth-order valence-corrected chi connectivity index (χ4v) is 2.23. The van der Waals surface area contributed by atoms with E-state index >= 15 is 0 Å². The van der Waals surface area contributed by atoms with E-state index < -0.39 is 0 Å². The molecule has 0 atom stereocenters. The first kappa shape index (κ1) is 11.3. The number of benzene rings is 1. The molecule has 1 nitrogen and oxygen atoms in total. The van der Waals surface area contributed by atoms with Crippen molar-refractivity contribution < 1.29 is 4.39 Å². The van der Waals surface area contributed by atoms with E-state index in [1.54, 1.807) is 12.1 Å². The SMILES string of the molecule is CNC(C)(C)C1=CCCc2ccc(F)cc21. The molecule has 2 rings (SSSR count). The molecule has 0 heterocycles. The molecule has 0 spiro atoms. The fourth-order valence-electron chi connectivity index (χ4n) is 2.23. The van der Waals surface area contributed by atoms with Gasteiger partial charge >= 0.3 is 0 Å². The Balaban J connectivity index is 2.51. The zero-order chi connectivity index (χ0) is 11.8. The third kappa shape index (κ3) is 1.90. The third-order valence-electron chi connectivity index (χ3n) is 3.42. The summed E-state index contributed by atoms with van der Waals surface area (Å²) in [6, 6.07) is 5.11. The lowest BCUT2D eigenvalue weighted by atomic mass is 9.81. The van der Waals surface area contributed by atoms with Gasteiger partial charge in [-0.15, -0.1) is 0 Å². The smallest absolute Gasteiger partial charge is 0.123 e. The van der Waals surface area contributed by atoms with Gasteiger partial charge in [0.15, 0.2) is 0 Å². The quantitative estimate of drug-likeness (QED) is 0.805. The fraction of sp³-hybridized carbons (Fsp3) is 0.429. The molecule has 1 aliphatic carbocycles. The number of fused-ring (bicyclic) bond motifs is 1. The number of rotatable bonds is 2. The first-order valence-electron chi connectivity index (χ1n) is 5.73.